The van der Waals surface area contributed by atoms with Gasteiger partial charge in [0.2, 0.25) is 0 Å². The van der Waals surface area contributed by atoms with Crippen LogP contribution in [-0.2, 0) is 11.2 Å². The number of ether oxygens (including phenoxy) is 1. The Morgan fingerprint density at radius 1 is 1.25 bits per heavy atom. The number of likely N-dealkylation sites (N-methyl/N-ethyl adjacent to an activating group) is 1. The number of benzene rings is 1. The second kappa shape index (κ2) is 5.44. The highest BCUT2D eigenvalue weighted by Gasteiger charge is 2.27. The summed E-state index contributed by atoms with van der Waals surface area (Å²) in [6.45, 7) is 6.43. The lowest BCUT2D eigenvalue weighted by atomic mass is 9.92. The van der Waals surface area contributed by atoms with Gasteiger partial charge in [0.1, 0.15) is 11.5 Å². The van der Waals surface area contributed by atoms with Crippen molar-refractivity contribution in [3.8, 4) is 5.75 Å². The summed E-state index contributed by atoms with van der Waals surface area (Å²) in [6.07, 6.45) is 0.813. The molecule has 0 aliphatic carbocycles. The molecule has 0 amide bonds. The Kier molecular flexibility index (Phi) is 3.66. The SMILES string of the molecule is CC(=O)C1COc2cccc(N3CCN(C)CC3)c2C1. The van der Waals surface area contributed by atoms with Gasteiger partial charge in [0.05, 0.1) is 12.5 Å². The Hall–Kier alpha value is -1.55. The number of hydrogen-bond acceptors (Lipinski definition) is 4. The quantitative estimate of drug-likeness (QED) is 0.820. The van der Waals surface area contributed by atoms with Crippen molar-refractivity contribution in [3.05, 3.63) is 23.8 Å². The summed E-state index contributed by atoms with van der Waals surface area (Å²) in [5.41, 5.74) is 2.46. The number of nitrogens with zero attached hydrogens (tertiary/aromatic N) is 2. The van der Waals surface area contributed by atoms with Gasteiger partial charge >= 0.3 is 0 Å². The topological polar surface area (TPSA) is 32.8 Å². The number of carbonyl (C=O) groups excluding carboxylic acids is 1. The van der Waals surface area contributed by atoms with E-state index in [-0.39, 0.29) is 11.7 Å². The summed E-state index contributed by atoms with van der Waals surface area (Å²) < 4.78 is 5.79. The minimum atomic E-state index is 0.0103. The number of piperazine rings is 1. The van der Waals surface area contributed by atoms with Gasteiger partial charge in [0.15, 0.2) is 0 Å². The molecular formula is C16H22N2O2. The number of rotatable bonds is 2. The van der Waals surface area contributed by atoms with Crippen molar-refractivity contribution in [2.24, 2.45) is 5.92 Å². The van der Waals surface area contributed by atoms with Crippen molar-refractivity contribution < 1.29 is 9.53 Å². The molecule has 108 valence electrons. The van der Waals surface area contributed by atoms with E-state index in [1.807, 2.05) is 6.07 Å². The van der Waals surface area contributed by atoms with Crippen LogP contribution in [0.15, 0.2) is 18.2 Å². The molecule has 0 spiro atoms. The fourth-order valence-electron chi connectivity index (χ4n) is 2.99. The van der Waals surface area contributed by atoms with Crippen molar-refractivity contribution in [3.63, 3.8) is 0 Å². The zero-order chi connectivity index (χ0) is 14.1. The molecule has 0 aromatic heterocycles. The Bertz CT molecular complexity index is 507. The van der Waals surface area contributed by atoms with E-state index in [1.54, 1.807) is 6.92 Å². The standard InChI is InChI=1S/C16H22N2O2/c1-12(19)13-10-14-15(4-3-5-16(14)20-11-13)18-8-6-17(2)7-9-18/h3-5,13H,6-11H2,1-2H3. The van der Waals surface area contributed by atoms with Crippen molar-refractivity contribution >= 4 is 11.5 Å². The van der Waals surface area contributed by atoms with E-state index in [2.05, 4.69) is 29.0 Å². The molecular weight excluding hydrogens is 252 g/mol. The van der Waals surface area contributed by atoms with Crippen LogP contribution in [0.4, 0.5) is 5.69 Å². The maximum Gasteiger partial charge on any atom is 0.136 e. The maximum atomic E-state index is 11.6. The maximum absolute atomic E-state index is 11.6. The molecule has 4 nitrogen and oxygen atoms in total. The van der Waals surface area contributed by atoms with E-state index in [4.69, 9.17) is 4.74 Å². The fourth-order valence-corrected chi connectivity index (χ4v) is 2.99. The molecule has 2 aliphatic rings. The Balaban J connectivity index is 1.87. The molecule has 0 N–H and O–H groups in total. The first-order valence-electron chi connectivity index (χ1n) is 7.34. The fraction of sp³-hybridized carbons (Fsp3) is 0.562. The van der Waals surface area contributed by atoms with E-state index >= 15 is 0 Å². The predicted octanol–water partition coefficient (Wildman–Crippen LogP) is 1.58. The van der Waals surface area contributed by atoms with Crippen LogP contribution >= 0.6 is 0 Å². The molecule has 0 saturated carbocycles. The molecule has 1 fully saturated rings. The van der Waals surface area contributed by atoms with E-state index in [0.29, 0.717) is 6.61 Å². The first-order chi connectivity index (χ1) is 9.65. The number of Topliss-reactive ketones (excluding diaryl/α,β-unsaturated/α-hetero) is 1. The smallest absolute Gasteiger partial charge is 0.136 e. The Morgan fingerprint density at radius 2 is 2.00 bits per heavy atom. The lowest BCUT2D eigenvalue weighted by Gasteiger charge is -2.36. The van der Waals surface area contributed by atoms with Gasteiger partial charge in [-0.15, -0.1) is 0 Å². The van der Waals surface area contributed by atoms with Gasteiger partial charge in [-0.05, 0) is 32.5 Å². The first kappa shape index (κ1) is 13.4. The molecule has 1 aromatic rings. The summed E-state index contributed by atoms with van der Waals surface area (Å²) in [5, 5.41) is 0. The normalized spacial score (nSPS) is 23.1. The van der Waals surface area contributed by atoms with Crippen LogP contribution in [0.2, 0.25) is 0 Å². The number of hydrogen-bond donors (Lipinski definition) is 0. The number of carbonyl (C=O) groups is 1. The lowest BCUT2D eigenvalue weighted by molar-refractivity contribution is -0.121. The third-order valence-corrected chi connectivity index (χ3v) is 4.42. The van der Waals surface area contributed by atoms with Crippen LogP contribution in [0.1, 0.15) is 12.5 Å². The van der Waals surface area contributed by atoms with Crippen molar-refractivity contribution in [2.75, 3.05) is 44.7 Å². The van der Waals surface area contributed by atoms with E-state index in [0.717, 1.165) is 38.3 Å². The molecule has 3 rings (SSSR count). The van der Waals surface area contributed by atoms with Gasteiger partial charge in [0, 0.05) is 37.4 Å². The molecule has 2 heterocycles. The van der Waals surface area contributed by atoms with Gasteiger partial charge in [-0.25, -0.2) is 0 Å². The monoisotopic (exact) mass is 274 g/mol. The van der Waals surface area contributed by atoms with Gasteiger partial charge in [-0.1, -0.05) is 6.07 Å². The van der Waals surface area contributed by atoms with Crippen LogP contribution in [0.25, 0.3) is 0 Å². The number of ketones is 1. The van der Waals surface area contributed by atoms with Crippen LogP contribution < -0.4 is 9.64 Å². The molecule has 0 bridgehead atoms. The summed E-state index contributed by atoms with van der Waals surface area (Å²) >= 11 is 0. The van der Waals surface area contributed by atoms with Gasteiger partial charge in [0.25, 0.3) is 0 Å². The molecule has 20 heavy (non-hydrogen) atoms. The summed E-state index contributed by atoms with van der Waals surface area (Å²) in [6, 6.07) is 6.24. The van der Waals surface area contributed by atoms with Gasteiger partial charge in [-0.2, -0.15) is 0 Å². The van der Waals surface area contributed by atoms with Crippen molar-refractivity contribution in [2.45, 2.75) is 13.3 Å². The molecule has 1 saturated heterocycles. The second-order valence-electron chi connectivity index (χ2n) is 5.87. The molecule has 1 unspecified atom stereocenters. The van der Waals surface area contributed by atoms with Gasteiger partial charge in [-0.3, -0.25) is 4.79 Å². The highest BCUT2D eigenvalue weighted by atomic mass is 16.5. The highest BCUT2D eigenvalue weighted by Crippen LogP contribution is 2.35. The zero-order valence-electron chi connectivity index (χ0n) is 12.3. The van der Waals surface area contributed by atoms with E-state index < -0.39 is 0 Å². The third kappa shape index (κ3) is 2.52. The second-order valence-corrected chi connectivity index (χ2v) is 5.87. The first-order valence-corrected chi connectivity index (χ1v) is 7.34. The van der Waals surface area contributed by atoms with E-state index in [9.17, 15) is 4.79 Å². The third-order valence-electron chi connectivity index (χ3n) is 4.42. The Labute approximate surface area is 120 Å². The highest BCUT2D eigenvalue weighted by molar-refractivity contribution is 5.80. The van der Waals surface area contributed by atoms with Crippen molar-refractivity contribution in [1.29, 1.82) is 0 Å². The van der Waals surface area contributed by atoms with Crippen molar-refractivity contribution in [1.82, 2.24) is 4.90 Å². The average Bonchev–Trinajstić information content (AvgIpc) is 2.47. The van der Waals surface area contributed by atoms with Crippen LogP contribution in [0.5, 0.6) is 5.75 Å². The summed E-state index contributed by atoms with van der Waals surface area (Å²) in [4.78, 5) is 16.4. The lowest BCUT2D eigenvalue weighted by Crippen LogP contribution is -2.45. The minimum Gasteiger partial charge on any atom is -0.492 e. The van der Waals surface area contributed by atoms with Gasteiger partial charge < -0.3 is 14.5 Å². The van der Waals surface area contributed by atoms with Crippen LogP contribution in [0, 0.1) is 5.92 Å². The van der Waals surface area contributed by atoms with Crippen LogP contribution in [0.3, 0.4) is 0 Å². The average molecular weight is 274 g/mol. The molecule has 1 atom stereocenters. The molecule has 1 aromatic carbocycles. The van der Waals surface area contributed by atoms with Crippen LogP contribution in [-0.4, -0.2) is 50.5 Å². The Morgan fingerprint density at radius 3 is 2.70 bits per heavy atom. The molecule has 4 heteroatoms. The largest absolute Gasteiger partial charge is 0.492 e. The summed E-state index contributed by atoms with van der Waals surface area (Å²) in [5.74, 6) is 1.19. The number of anilines is 1. The number of fused-ring (bicyclic) bond motifs is 1. The zero-order valence-corrected chi connectivity index (χ0v) is 12.3. The molecule has 2 aliphatic heterocycles. The predicted molar refractivity (Wildman–Crippen MR) is 79.5 cm³/mol. The summed E-state index contributed by atoms with van der Waals surface area (Å²) in [7, 11) is 2.16. The molecule has 0 radical (unpaired) electrons. The minimum absolute atomic E-state index is 0.0103. The van der Waals surface area contributed by atoms with E-state index in [1.165, 1.54) is 11.3 Å².